The van der Waals surface area contributed by atoms with Crippen LogP contribution >= 0.6 is 0 Å². The van der Waals surface area contributed by atoms with Crippen molar-refractivity contribution in [3.8, 4) is 0 Å². The van der Waals surface area contributed by atoms with E-state index in [1.807, 2.05) is 41.3 Å². The van der Waals surface area contributed by atoms with Crippen LogP contribution in [0.15, 0.2) is 48.8 Å². The number of benzene rings is 1. The maximum Gasteiger partial charge on any atom is 0.223 e. The number of nitrogens with zero attached hydrogens (tertiary/aromatic N) is 3. The van der Waals surface area contributed by atoms with Crippen LogP contribution in [-0.4, -0.2) is 45.0 Å². The maximum atomic E-state index is 12.9. The van der Waals surface area contributed by atoms with Crippen molar-refractivity contribution in [2.45, 2.75) is 38.3 Å². The quantitative estimate of drug-likeness (QED) is 0.699. The monoisotopic (exact) mass is 364 g/mol. The number of imidazole rings is 1. The van der Waals surface area contributed by atoms with Gasteiger partial charge in [-0.25, -0.2) is 4.98 Å². The van der Waals surface area contributed by atoms with Crippen LogP contribution < -0.4 is 0 Å². The zero-order valence-corrected chi connectivity index (χ0v) is 15.3. The van der Waals surface area contributed by atoms with Gasteiger partial charge in [0.2, 0.25) is 5.91 Å². The summed E-state index contributed by atoms with van der Waals surface area (Å²) in [5, 5.41) is 0. The summed E-state index contributed by atoms with van der Waals surface area (Å²) in [6.07, 6.45) is 6.78. The van der Waals surface area contributed by atoms with Crippen LogP contribution in [0.5, 0.6) is 0 Å². The van der Waals surface area contributed by atoms with Crippen molar-refractivity contribution < 1.29 is 9.53 Å². The van der Waals surface area contributed by atoms with Gasteiger partial charge in [-0.1, -0.05) is 12.1 Å². The van der Waals surface area contributed by atoms with Gasteiger partial charge in [-0.15, -0.1) is 0 Å². The molecule has 27 heavy (non-hydrogen) atoms. The standard InChI is InChI=1S/C21H24N4O2/c26-21(8-7-20-23-18-5-1-2-6-19(18)24-20)25(15-17-4-3-13-27-17)14-16-9-11-22-12-10-16/h1-2,5-6,9-12,17H,3-4,7-8,13-15H2,(H,23,24)/t17-/m1/s1. The number of fused-ring (bicyclic) bond motifs is 1. The summed E-state index contributed by atoms with van der Waals surface area (Å²) in [7, 11) is 0. The van der Waals surface area contributed by atoms with Gasteiger partial charge in [-0.05, 0) is 42.7 Å². The largest absolute Gasteiger partial charge is 0.376 e. The van der Waals surface area contributed by atoms with Gasteiger partial charge in [-0.3, -0.25) is 9.78 Å². The van der Waals surface area contributed by atoms with Crippen LogP contribution in [0, 0.1) is 0 Å². The molecule has 0 bridgehead atoms. The second kappa shape index (κ2) is 8.31. The molecule has 4 rings (SSSR count). The summed E-state index contributed by atoms with van der Waals surface area (Å²) < 4.78 is 5.75. The normalized spacial score (nSPS) is 16.7. The summed E-state index contributed by atoms with van der Waals surface area (Å²) in [5.41, 5.74) is 3.03. The van der Waals surface area contributed by atoms with E-state index in [2.05, 4.69) is 15.0 Å². The van der Waals surface area contributed by atoms with Crippen LogP contribution in [0.4, 0.5) is 0 Å². The molecule has 3 aromatic rings. The topological polar surface area (TPSA) is 71.1 Å². The van der Waals surface area contributed by atoms with Gasteiger partial charge in [0.15, 0.2) is 0 Å². The zero-order valence-electron chi connectivity index (χ0n) is 15.3. The first-order valence-electron chi connectivity index (χ1n) is 9.50. The van der Waals surface area contributed by atoms with Crippen molar-refractivity contribution in [3.05, 3.63) is 60.2 Å². The molecule has 3 heterocycles. The predicted molar refractivity (Wildman–Crippen MR) is 103 cm³/mol. The van der Waals surface area contributed by atoms with E-state index in [0.29, 0.717) is 25.9 Å². The molecule has 140 valence electrons. The summed E-state index contributed by atoms with van der Waals surface area (Å²) in [4.78, 5) is 26.8. The lowest BCUT2D eigenvalue weighted by atomic mass is 10.1. The third-order valence-corrected chi connectivity index (χ3v) is 4.94. The zero-order chi connectivity index (χ0) is 18.5. The molecule has 1 aromatic carbocycles. The van der Waals surface area contributed by atoms with Crippen molar-refractivity contribution in [2.24, 2.45) is 0 Å². The van der Waals surface area contributed by atoms with Crippen LogP contribution in [0.2, 0.25) is 0 Å². The van der Waals surface area contributed by atoms with Crippen LogP contribution in [0.3, 0.4) is 0 Å². The molecule has 1 fully saturated rings. The van der Waals surface area contributed by atoms with Gasteiger partial charge < -0.3 is 14.6 Å². The predicted octanol–water partition coefficient (Wildman–Crippen LogP) is 3.10. The number of carbonyl (C=O) groups is 1. The van der Waals surface area contributed by atoms with Gasteiger partial charge >= 0.3 is 0 Å². The van der Waals surface area contributed by atoms with Gasteiger partial charge in [-0.2, -0.15) is 0 Å². The maximum absolute atomic E-state index is 12.9. The molecule has 1 aliphatic rings. The third-order valence-electron chi connectivity index (χ3n) is 4.94. The molecule has 0 aliphatic carbocycles. The minimum atomic E-state index is 0.128. The lowest BCUT2D eigenvalue weighted by molar-refractivity contribution is -0.133. The highest BCUT2D eigenvalue weighted by Crippen LogP contribution is 2.17. The van der Waals surface area contributed by atoms with E-state index >= 15 is 0 Å². The Balaban J connectivity index is 1.42. The Labute approximate surface area is 158 Å². The number of ether oxygens (including phenoxy) is 1. The highest BCUT2D eigenvalue weighted by molar-refractivity contribution is 5.77. The van der Waals surface area contributed by atoms with Gasteiger partial charge in [0.1, 0.15) is 5.82 Å². The van der Waals surface area contributed by atoms with Crippen molar-refractivity contribution in [2.75, 3.05) is 13.2 Å². The molecule has 1 N–H and O–H groups in total. The minimum Gasteiger partial charge on any atom is -0.376 e. The number of amides is 1. The molecule has 1 atom stereocenters. The van der Waals surface area contributed by atoms with E-state index in [-0.39, 0.29) is 12.0 Å². The second-order valence-electron chi connectivity index (χ2n) is 6.97. The van der Waals surface area contributed by atoms with Crippen LogP contribution in [0.25, 0.3) is 11.0 Å². The first kappa shape index (κ1) is 17.7. The number of nitrogens with one attached hydrogen (secondary N) is 1. The summed E-state index contributed by atoms with van der Waals surface area (Å²) in [5.74, 6) is 0.980. The molecule has 6 heteroatoms. The number of hydrogen-bond acceptors (Lipinski definition) is 4. The number of aryl methyl sites for hydroxylation is 1. The Morgan fingerprint density at radius 2 is 2.07 bits per heavy atom. The van der Waals surface area contributed by atoms with E-state index in [1.54, 1.807) is 12.4 Å². The molecule has 1 aliphatic heterocycles. The SMILES string of the molecule is O=C(CCc1nc2ccccc2[nH]1)N(Cc1ccncc1)C[C@H]1CCCO1. The smallest absolute Gasteiger partial charge is 0.223 e. The Hall–Kier alpha value is -2.73. The number of H-pyrrole nitrogens is 1. The van der Waals surface area contributed by atoms with E-state index < -0.39 is 0 Å². The minimum absolute atomic E-state index is 0.128. The Morgan fingerprint density at radius 3 is 2.85 bits per heavy atom. The van der Waals surface area contributed by atoms with Crippen molar-refractivity contribution >= 4 is 16.9 Å². The first-order valence-corrected chi connectivity index (χ1v) is 9.50. The molecular formula is C21H24N4O2. The van der Waals surface area contributed by atoms with E-state index in [9.17, 15) is 4.79 Å². The third kappa shape index (κ3) is 4.52. The number of pyridine rings is 1. The van der Waals surface area contributed by atoms with Crippen LogP contribution in [0.1, 0.15) is 30.7 Å². The number of para-hydroxylation sites is 2. The van der Waals surface area contributed by atoms with Crippen molar-refractivity contribution in [1.29, 1.82) is 0 Å². The highest BCUT2D eigenvalue weighted by atomic mass is 16.5. The Bertz CT molecular complexity index is 854. The van der Waals surface area contributed by atoms with Crippen molar-refractivity contribution in [1.82, 2.24) is 19.9 Å². The molecule has 0 radical (unpaired) electrons. The van der Waals surface area contributed by atoms with Gasteiger partial charge in [0, 0.05) is 44.9 Å². The molecular weight excluding hydrogens is 340 g/mol. The van der Waals surface area contributed by atoms with E-state index in [1.165, 1.54) is 0 Å². The number of carbonyl (C=O) groups excluding carboxylic acids is 1. The molecule has 1 amide bonds. The average molecular weight is 364 g/mol. The number of aromatic nitrogens is 3. The summed E-state index contributed by atoms with van der Waals surface area (Å²) in [6, 6.07) is 11.8. The van der Waals surface area contributed by atoms with Crippen molar-refractivity contribution in [3.63, 3.8) is 0 Å². The summed E-state index contributed by atoms with van der Waals surface area (Å²) >= 11 is 0. The highest BCUT2D eigenvalue weighted by Gasteiger charge is 2.23. The summed E-state index contributed by atoms with van der Waals surface area (Å²) in [6.45, 7) is 2.02. The van der Waals surface area contributed by atoms with Gasteiger partial charge in [0.25, 0.3) is 0 Å². The number of rotatable bonds is 7. The fourth-order valence-corrected chi connectivity index (χ4v) is 3.50. The molecule has 0 spiro atoms. The van der Waals surface area contributed by atoms with E-state index in [0.717, 1.165) is 41.9 Å². The fraction of sp³-hybridized carbons (Fsp3) is 0.381. The fourth-order valence-electron chi connectivity index (χ4n) is 3.50. The van der Waals surface area contributed by atoms with E-state index in [4.69, 9.17) is 4.74 Å². The molecule has 0 saturated carbocycles. The Kier molecular flexibility index (Phi) is 5.44. The van der Waals surface area contributed by atoms with Crippen LogP contribution in [-0.2, 0) is 22.5 Å². The molecule has 6 nitrogen and oxygen atoms in total. The Morgan fingerprint density at radius 1 is 1.22 bits per heavy atom. The molecule has 1 saturated heterocycles. The van der Waals surface area contributed by atoms with Gasteiger partial charge in [0.05, 0.1) is 17.1 Å². The average Bonchev–Trinajstić information content (AvgIpc) is 3.35. The lowest BCUT2D eigenvalue weighted by Gasteiger charge is -2.25. The molecule has 0 unspecified atom stereocenters. The second-order valence-corrected chi connectivity index (χ2v) is 6.97. The number of aromatic amines is 1. The molecule has 2 aromatic heterocycles. The first-order chi connectivity index (χ1) is 13.3. The lowest BCUT2D eigenvalue weighted by Crippen LogP contribution is -2.37. The number of hydrogen-bond donors (Lipinski definition) is 1.